The van der Waals surface area contributed by atoms with Crippen LogP contribution in [0.15, 0.2) is 0 Å². The number of nitrogens with one attached hydrogen (secondary N) is 1. The molecule has 0 fully saturated rings. The van der Waals surface area contributed by atoms with Gasteiger partial charge in [0.2, 0.25) is 5.91 Å². The second kappa shape index (κ2) is 24.5. The number of carboxylic acids is 1. The quantitative estimate of drug-likeness (QED) is 0.105. The minimum atomic E-state index is -1.22. The highest BCUT2D eigenvalue weighted by Crippen LogP contribution is 2.12. The Hall–Kier alpha value is -1.59. The molecule has 0 aliphatic rings. The molecule has 1 atom stereocenters. The molecule has 0 heterocycles. The fourth-order valence-corrected chi connectivity index (χ4v) is 4.06. The Morgan fingerprint density at radius 2 is 1.06 bits per heavy atom. The van der Waals surface area contributed by atoms with E-state index in [-0.39, 0.29) is 12.3 Å². The lowest BCUT2D eigenvalue weighted by Gasteiger charge is -2.14. The maximum atomic E-state index is 12.1. The molecule has 0 spiro atoms. The summed E-state index contributed by atoms with van der Waals surface area (Å²) >= 11 is 0. The van der Waals surface area contributed by atoms with Crippen LogP contribution in [0.2, 0.25) is 0 Å². The molecule has 0 aromatic carbocycles. The number of hydrogen-bond acceptors (Lipinski definition) is 4. The van der Waals surface area contributed by atoms with Crippen LogP contribution >= 0.6 is 0 Å². The van der Waals surface area contributed by atoms with Crippen molar-refractivity contribution in [1.82, 2.24) is 5.32 Å². The number of esters is 1. The SMILES string of the molecule is CCCCCCCCCCCCOC(=O)C[C@H](NC(=O)CCCCCCCCCCC)C(=O)O. The largest absolute Gasteiger partial charge is 0.480 e. The van der Waals surface area contributed by atoms with Crippen LogP contribution in [0.1, 0.15) is 149 Å². The zero-order valence-electron chi connectivity index (χ0n) is 22.2. The third-order valence-corrected chi connectivity index (χ3v) is 6.27. The van der Waals surface area contributed by atoms with E-state index in [1.165, 1.54) is 83.5 Å². The van der Waals surface area contributed by atoms with Crippen molar-refractivity contribution < 1.29 is 24.2 Å². The molecule has 6 heteroatoms. The number of carbonyl (C=O) groups excluding carboxylic acids is 2. The molecule has 34 heavy (non-hydrogen) atoms. The summed E-state index contributed by atoms with van der Waals surface area (Å²) in [4.78, 5) is 35.5. The first-order chi connectivity index (χ1) is 16.5. The number of aliphatic carboxylic acids is 1. The molecular formula is C28H53NO5. The molecule has 1 amide bonds. The summed E-state index contributed by atoms with van der Waals surface area (Å²) in [6, 6.07) is -1.22. The summed E-state index contributed by atoms with van der Waals surface area (Å²) in [6.45, 7) is 4.75. The molecule has 0 aromatic heterocycles. The third kappa shape index (κ3) is 22.2. The van der Waals surface area contributed by atoms with Crippen molar-refractivity contribution in [3.8, 4) is 0 Å². The van der Waals surface area contributed by atoms with Crippen LogP contribution in [0.3, 0.4) is 0 Å². The Morgan fingerprint density at radius 3 is 1.50 bits per heavy atom. The van der Waals surface area contributed by atoms with Gasteiger partial charge in [-0.3, -0.25) is 9.59 Å². The summed E-state index contributed by atoms with van der Waals surface area (Å²) in [5.41, 5.74) is 0. The van der Waals surface area contributed by atoms with Gasteiger partial charge in [-0.05, 0) is 12.8 Å². The normalized spacial score (nSPS) is 11.8. The lowest BCUT2D eigenvalue weighted by molar-refractivity contribution is -0.150. The van der Waals surface area contributed by atoms with Crippen molar-refractivity contribution in [3.05, 3.63) is 0 Å². The number of carbonyl (C=O) groups is 3. The summed E-state index contributed by atoms with van der Waals surface area (Å²) < 4.78 is 5.18. The van der Waals surface area contributed by atoms with Gasteiger partial charge in [0.1, 0.15) is 6.04 Å². The third-order valence-electron chi connectivity index (χ3n) is 6.27. The molecule has 0 aromatic rings. The van der Waals surface area contributed by atoms with Crippen molar-refractivity contribution in [2.45, 2.75) is 155 Å². The Balaban J connectivity index is 3.76. The van der Waals surface area contributed by atoms with Crippen molar-refractivity contribution in [1.29, 1.82) is 0 Å². The number of amides is 1. The zero-order valence-corrected chi connectivity index (χ0v) is 22.2. The standard InChI is InChI=1S/C28H53NO5/c1-3-5-7-9-11-13-15-17-19-21-23-34-27(31)24-25(28(32)33)29-26(30)22-20-18-16-14-12-10-8-6-4-2/h25H,3-24H2,1-2H3,(H,29,30)(H,32,33)/t25-/m0/s1. The fourth-order valence-electron chi connectivity index (χ4n) is 4.06. The van der Waals surface area contributed by atoms with Crippen LogP contribution < -0.4 is 5.32 Å². The van der Waals surface area contributed by atoms with E-state index in [1.54, 1.807) is 0 Å². The van der Waals surface area contributed by atoms with E-state index in [4.69, 9.17) is 4.74 Å². The molecular weight excluding hydrogens is 430 g/mol. The van der Waals surface area contributed by atoms with Gasteiger partial charge in [-0.15, -0.1) is 0 Å². The second-order valence-electron chi connectivity index (χ2n) is 9.64. The average molecular weight is 484 g/mol. The molecule has 0 unspecified atom stereocenters. The van der Waals surface area contributed by atoms with E-state index in [9.17, 15) is 19.5 Å². The zero-order chi connectivity index (χ0) is 25.3. The highest BCUT2D eigenvalue weighted by Gasteiger charge is 2.23. The van der Waals surface area contributed by atoms with Gasteiger partial charge in [0, 0.05) is 6.42 Å². The molecule has 0 radical (unpaired) electrons. The number of rotatable bonds is 25. The first-order valence-corrected chi connectivity index (χ1v) is 14.2. The highest BCUT2D eigenvalue weighted by molar-refractivity contribution is 5.87. The second-order valence-corrected chi connectivity index (χ2v) is 9.64. The predicted octanol–water partition coefficient (Wildman–Crippen LogP) is 7.33. The lowest BCUT2D eigenvalue weighted by atomic mass is 10.1. The first kappa shape index (κ1) is 32.4. The van der Waals surface area contributed by atoms with Crippen LogP contribution in [0.25, 0.3) is 0 Å². The topological polar surface area (TPSA) is 92.7 Å². The van der Waals surface area contributed by atoms with E-state index >= 15 is 0 Å². The molecule has 0 saturated carbocycles. The number of carboxylic acid groups (broad SMARTS) is 1. The monoisotopic (exact) mass is 483 g/mol. The summed E-state index contributed by atoms with van der Waals surface area (Å²) in [6.07, 6.45) is 22.4. The van der Waals surface area contributed by atoms with Crippen molar-refractivity contribution in [2.75, 3.05) is 6.61 Å². The van der Waals surface area contributed by atoms with Gasteiger partial charge in [0.05, 0.1) is 13.0 Å². The molecule has 0 saturated heterocycles. The number of hydrogen-bond donors (Lipinski definition) is 2. The van der Waals surface area contributed by atoms with Gasteiger partial charge in [0.15, 0.2) is 0 Å². The molecule has 0 rings (SSSR count). The maximum Gasteiger partial charge on any atom is 0.326 e. The van der Waals surface area contributed by atoms with Crippen LogP contribution in [0.5, 0.6) is 0 Å². The Labute approximate surface area is 209 Å². The van der Waals surface area contributed by atoms with Crippen LogP contribution in [-0.2, 0) is 19.1 Å². The van der Waals surface area contributed by atoms with Crippen LogP contribution in [0, 0.1) is 0 Å². The van der Waals surface area contributed by atoms with Crippen molar-refractivity contribution >= 4 is 17.8 Å². The highest BCUT2D eigenvalue weighted by atomic mass is 16.5. The molecule has 200 valence electrons. The van der Waals surface area contributed by atoms with E-state index < -0.39 is 18.0 Å². The van der Waals surface area contributed by atoms with Gasteiger partial charge >= 0.3 is 11.9 Å². The van der Waals surface area contributed by atoms with Gasteiger partial charge in [-0.1, -0.05) is 123 Å². The minimum absolute atomic E-state index is 0.299. The minimum Gasteiger partial charge on any atom is -0.480 e. The van der Waals surface area contributed by atoms with Gasteiger partial charge in [-0.25, -0.2) is 4.79 Å². The van der Waals surface area contributed by atoms with E-state index in [1.807, 2.05) is 0 Å². The predicted molar refractivity (Wildman–Crippen MR) is 139 cm³/mol. The van der Waals surface area contributed by atoms with Gasteiger partial charge < -0.3 is 15.2 Å². The lowest BCUT2D eigenvalue weighted by Crippen LogP contribution is -2.42. The van der Waals surface area contributed by atoms with Crippen molar-refractivity contribution in [3.63, 3.8) is 0 Å². The number of ether oxygens (including phenoxy) is 1. The summed E-state index contributed by atoms with van der Waals surface area (Å²) in [5.74, 6) is -2.07. The molecule has 2 N–H and O–H groups in total. The van der Waals surface area contributed by atoms with Crippen LogP contribution in [-0.4, -0.2) is 35.6 Å². The van der Waals surface area contributed by atoms with Crippen LogP contribution in [0.4, 0.5) is 0 Å². The fraction of sp³-hybridized carbons (Fsp3) is 0.893. The Morgan fingerprint density at radius 1 is 0.647 bits per heavy atom. The van der Waals surface area contributed by atoms with E-state index in [0.29, 0.717) is 13.0 Å². The van der Waals surface area contributed by atoms with Gasteiger partial charge in [-0.2, -0.15) is 0 Å². The molecule has 0 aliphatic carbocycles. The summed E-state index contributed by atoms with van der Waals surface area (Å²) in [7, 11) is 0. The summed E-state index contributed by atoms with van der Waals surface area (Å²) in [5, 5.41) is 11.8. The first-order valence-electron chi connectivity index (χ1n) is 14.2. The number of unbranched alkanes of at least 4 members (excludes halogenated alkanes) is 17. The van der Waals surface area contributed by atoms with E-state index in [2.05, 4.69) is 19.2 Å². The molecule has 0 bridgehead atoms. The average Bonchev–Trinajstić information content (AvgIpc) is 2.81. The Kier molecular flexibility index (Phi) is 23.4. The smallest absolute Gasteiger partial charge is 0.326 e. The van der Waals surface area contributed by atoms with E-state index in [0.717, 1.165) is 38.5 Å². The van der Waals surface area contributed by atoms with Crippen molar-refractivity contribution in [2.24, 2.45) is 0 Å². The maximum absolute atomic E-state index is 12.1. The molecule has 6 nitrogen and oxygen atoms in total. The van der Waals surface area contributed by atoms with Gasteiger partial charge in [0.25, 0.3) is 0 Å². The molecule has 0 aliphatic heterocycles. The Bertz CT molecular complexity index is 509.